The first-order valence-electron chi connectivity index (χ1n) is 18.8. The van der Waals surface area contributed by atoms with Crippen LogP contribution >= 0.6 is 23.2 Å². The molecule has 9 nitrogen and oxygen atoms in total. The molecule has 1 unspecified atom stereocenters. The van der Waals surface area contributed by atoms with E-state index in [1.165, 1.54) is 0 Å². The number of fused-ring (bicyclic) bond motifs is 2. The van der Waals surface area contributed by atoms with E-state index in [1.54, 1.807) is 14.2 Å². The molecule has 0 N–H and O–H groups in total. The molecular formula is C44H53Cl2N5O4. The van der Waals surface area contributed by atoms with E-state index in [9.17, 15) is 4.79 Å². The number of hydrogen-bond acceptors (Lipinski definition) is 6. The van der Waals surface area contributed by atoms with Crippen LogP contribution in [0.25, 0.3) is 39.0 Å². The minimum atomic E-state index is -0.162. The van der Waals surface area contributed by atoms with Gasteiger partial charge in [0.2, 0.25) is 0 Å². The van der Waals surface area contributed by atoms with Crippen LogP contribution in [0.3, 0.4) is 0 Å². The fourth-order valence-corrected chi connectivity index (χ4v) is 8.73. The lowest BCUT2D eigenvalue weighted by molar-refractivity contribution is 0.0822. The first-order chi connectivity index (χ1) is 26.3. The third kappa shape index (κ3) is 7.64. The summed E-state index contributed by atoms with van der Waals surface area (Å²) in [6, 6.07) is 7.98. The Labute approximate surface area is 334 Å². The average molecular weight is 787 g/mol. The number of carbonyl (C=O) groups excluding carboxylic acids is 1. The molecule has 2 aromatic carbocycles. The summed E-state index contributed by atoms with van der Waals surface area (Å²) < 4.78 is 23.9. The van der Waals surface area contributed by atoms with Crippen molar-refractivity contribution in [1.29, 1.82) is 0 Å². The first-order valence-corrected chi connectivity index (χ1v) is 19.6. The van der Waals surface area contributed by atoms with Crippen LogP contribution in [0.4, 0.5) is 5.69 Å². The third-order valence-corrected chi connectivity index (χ3v) is 12.0. The summed E-state index contributed by atoms with van der Waals surface area (Å²) in [6.07, 6.45) is 9.25. The van der Waals surface area contributed by atoms with Crippen molar-refractivity contribution in [2.24, 2.45) is 7.05 Å². The number of rotatable bonds is 16. The lowest BCUT2D eigenvalue weighted by atomic mass is 9.98. The predicted octanol–water partition coefficient (Wildman–Crippen LogP) is 10.3. The number of anilines is 1. The molecular weight excluding hydrogens is 733 g/mol. The summed E-state index contributed by atoms with van der Waals surface area (Å²) >= 11 is 13.6. The van der Waals surface area contributed by atoms with Crippen LogP contribution in [-0.4, -0.2) is 72.3 Å². The van der Waals surface area contributed by atoms with Crippen molar-refractivity contribution in [3.8, 4) is 16.9 Å². The van der Waals surface area contributed by atoms with Gasteiger partial charge in [-0.15, -0.1) is 0 Å². The monoisotopic (exact) mass is 785 g/mol. The highest BCUT2D eigenvalue weighted by Crippen LogP contribution is 2.44. The van der Waals surface area contributed by atoms with Crippen LogP contribution in [0.1, 0.15) is 72.7 Å². The van der Waals surface area contributed by atoms with Crippen LogP contribution in [0.5, 0.6) is 5.75 Å². The van der Waals surface area contributed by atoms with E-state index >= 15 is 0 Å². The Bertz CT molecular complexity index is 2330. The van der Waals surface area contributed by atoms with Gasteiger partial charge in [-0.05, 0) is 82.7 Å². The first kappa shape index (κ1) is 40.4. The summed E-state index contributed by atoms with van der Waals surface area (Å²) in [5, 5.41) is 8.26. The van der Waals surface area contributed by atoms with Crippen molar-refractivity contribution in [2.75, 3.05) is 45.9 Å². The number of halogens is 2. The molecule has 2 atom stereocenters. The van der Waals surface area contributed by atoms with Gasteiger partial charge in [0.25, 0.3) is 0 Å². The van der Waals surface area contributed by atoms with E-state index in [0.29, 0.717) is 43.4 Å². The molecule has 0 spiro atoms. The molecule has 292 valence electrons. The van der Waals surface area contributed by atoms with Gasteiger partial charge in [-0.3, -0.25) is 9.48 Å². The molecule has 55 heavy (non-hydrogen) atoms. The van der Waals surface area contributed by atoms with Gasteiger partial charge in [0.1, 0.15) is 5.75 Å². The topological polar surface area (TPSA) is 75.7 Å². The molecule has 1 aliphatic carbocycles. The van der Waals surface area contributed by atoms with Crippen molar-refractivity contribution < 1.29 is 19.0 Å². The number of allylic oxidation sites excluding steroid dienone is 2. The number of aromatic nitrogens is 4. The fourth-order valence-electron chi connectivity index (χ4n) is 8.35. The summed E-state index contributed by atoms with van der Waals surface area (Å²) in [6.45, 7) is 16.8. The van der Waals surface area contributed by atoms with Crippen LogP contribution in [0.15, 0.2) is 59.3 Å². The SMILES string of the molecule is C=Cc1cn(CCOC)c2c(N(C)C[C@@H](C)n3c(C=O)c(CCCOC4C=C(C)C(Cl)=C(C)C4)c4ccc(Cl)c(-c5c(C)nn(C)c5C)c43)cc(OC)cc12. The average Bonchev–Trinajstić information content (AvgIpc) is 3.77. The van der Waals surface area contributed by atoms with Gasteiger partial charge in [-0.2, -0.15) is 5.10 Å². The normalized spacial score (nSPS) is 15.3. The fraction of sp³-hybridized carbons (Fsp3) is 0.409. The second-order valence-corrected chi connectivity index (χ2v) is 15.5. The van der Waals surface area contributed by atoms with Gasteiger partial charge >= 0.3 is 0 Å². The van der Waals surface area contributed by atoms with Gasteiger partial charge in [0.05, 0.1) is 53.0 Å². The second-order valence-electron chi connectivity index (χ2n) is 14.7. The Morgan fingerprint density at radius 1 is 1.07 bits per heavy atom. The molecule has 11 heteroatoms. The van der Waals surface area contributed by atoms with Gasteiger partial charge in [-0.25, -0.2) is 0 Å². The summed E-state index contributed by atoms with van der Waals surface area (Å²) in [5.41, 5.74) is 11.6. The molecule has 0 saturated carbocycles. The number of hydrogen-bond donors (Lipinski definition) is 0. The highest BCUT2D eigenvalue weighted by molar-refractivity contribution is 6.35. The summed E-state index contributed by atoms with van der Waals surface area (Å²) in [5.74, 6) is 0.754. The Morgan fingerprint density at radius 3 is 2.47 bits per heavy atom. The van der Waals surface area contributed by atoms with Crippen LogP contribution in [0.2, 0.25) is 5.02 Å². The second kappa shape index (κ2) is 16.8. The smallest absolute Gasteiger partial charge is 0.166 e. The molecule has 0 bridgehead atoms. The Balaban J connectivity index is 1.44. The lowest BCUT2D eigenvalue weighted by Crippen LogP contribution is -2.27. The van der Waals surface area contributed by atoms with E-state index < -0.39 is 0 Å². The Kier molecular flexibility index (Phi) is 12.4. The van der Waals surface area contributed by atoms with Gasteiger partial charge in [-0.1, -0.05) is 53.6 Å². The van der Waals surface area contributed by atoms with Crippen molar-refractivity contribution in [3.05, 3.63) is 92.5 Å². The van der Waals surface area contributed by atoms with Gasteiger partial charge < -0.3 is 28.2 Å². The maximum atomic E-state index is 13.4. The van der Waals surface area contributed by atoms with Gasteiger partial charge in [0.15, 0.2) is 6.29 Å². The zero-order valence-corrected chi connectivity index (χ0v) is 35.1. The maximum Gasteiger partial charge on any atom is 0.166 e. The molecule has 6 rings (SSSR count). The molecule has 0 saturated heterocycles. The van der Waals surface area contributed by atoms with Crippen molar-refractivity contribution >= 4 is 63.1 Å². The zero-order valence-electron chi connectivity index (χ0n) is 33.6. The molecule has 0 amide bonds. The summed E-state index contributed by atoms with van der Waals surface area (Å²) in [4.78, 5) is 15.6. The quantitative estimate of drug-likeness (QED) is 0.0733. The summed E-state index contributed by atoms with van der Waals surface area (Å²) in [7, 11) is 7.43. The largest absolute Gasteiger partial charge is 0.497 e. The number of likely N-dealkylation sites (N-methyl/N-ethyl adjacent to an activating group) is 1. The number of methoxy groups -OCH3 is 2. The molecule has 0 aliphatic heterocycles. The van der Waals surface area contributed by atoms with Gasteiger partial charge in [0, 0.05) is 91.8 Å². The van der Waals surface area contributed by atoms with E-state index in [4.69, 9.17) is 42.5 Å². The van der Waals surface area contributed by atoms with Crippen molar-refractivity contribution in [1.82, 2.24) is 18.9 Å². The van der Waals surface area contributed by atoms with E-state index in [-0.39, 0.29) is 12.1 Å². The molecule has 3 heterocycles. The highest BCUT2D eigenvalue weighted by Gasteiger charge is 2.28. The zero-order chi connectivity index (χ0) is 39.7. The minimum Gasteiger partial charge on any atom is -0.497 e. The number of nitrogens with zero attached hydrogens (tertiary/aromatic N) is 5. The molecule has 0 radical (unpaired) electrons. The third-order valence-electron chi connectivity index (χ3n) is 11.0. The minimum absolute atomic E-state index is 0.0203. The van der Waals surface area contributed by atoms with Crippen LogP contribution in [-0.2, 0) is 29.5 Å². The van der Waals surface area contributed by atoms with E-state index in [0.717, 1.165) is 102 Å². The number of aldehydes is 1. The number of aryl methyl sites for hydroxylation is 3. The molecule has 3 aromatic heterocycles. The van der Waals surface area contributed by atoms with Crippen LogP contribution < -0.4 is 9.64 Å². The number of carbonyl (C=O) groups is 1. The van der Waals surface area contributed by atoms with Crippen LogP contribution in [0, 0.1) is 13.8 Å². The Hall–Kier alpha value is -4.28. The highest BCUT2D eigenvalue weighted by atomic mass is 35.5. The van der Waals surface area contributed by atoms with Crippen molar-refractivity contribution in [3.63, 3.8) is 0 Å². The Morgan fingerprint density at radius 2 is 1.84 bits per heavy atom. The van der Waals surface area contributed by atoms with E-state index in [1.807, 2.05) is 37.7 Å². The van der Waals surface area contributed by atoms with Crippen molar-refractivity contribution in [2.45, 2.75) is 72.6 Å². The molecule has 5 aromatic rings. The maximum absolute atomic E-state index is 13.4. The molecule has 1 aliphatic rings. The lowest BCUT2D eigenvalue weighted by Gasteiger charge is -2.28. The molecule has 0 fully saturated rings. The predicted molar refractivity (Wildman–Crippen MR) is 227 cm³/mol. The van der Waals surface area contributed by atoms with E-state index in [2.05, 4.69) is 78.9 Å². The standard InChI is InChI=1S/C44H53Cl2N5O4/c1-11-31-24-50(16-18-53-9)43-36(31)21-32(54-10)22-38(43)48(7)23-28(4)51-39(25-52)34(13-12-17-55-33-19-26(2)42(46)27(3)20-33)35-14-15-37(45)41(44(35)51)40-29(5)47-49(8)30(40)6/h11,14-15,19,21-22,24-25,28,33H,1,12-13,16-18,20,23H2,2-10H3/t28-,33?/m1/s1. The number of ether oxygens (including phenoxy) is 3. The number of benzene rings is 2.